The number of anilines is 2. The molecule has 0 aliphatic rings. The summed E-state index contributed by atoms with van der Waals surface area (Å²) in [7, 11) is 1.52. The van der Waals surface area contributed by atoms with E-state index in [-0.39, 0.29) is 11.8 Å². The third-order valence-electron chi connectivity index (χ3n) is 4.06. The van der Waals surface area contributed by atoms with Crippen molar-refractivity contribution >= 4 is 34.5 Å². The number of aromatic nitrogens is 1. The molecule has 2 N–H and O–H groups in total. The molecular weight excluding hydrogens is 374 g/mol. The van der Waals surface area contributed by atoms with Gasteiger partial charge < -0.3 is 15.4 Å². The van der Waals surface area contributed by atoms with E-state index in [1.54, 1.807) is 47.9 Å². The second-order valence-electron chi connectivity index (χ2n) is 6.09. The standard InChI is InChI=1S/C21H21N3O3S/c1-27-19-13-16(23-20(25)8-2-6-17-7-4-12-28-17)9-10-18(19)24-21(26)15-5-3-11-22-14-15/h3-5,7,9-14H,2,6,8H2,1H3,(H,23,25)(H,24,26). The highest BCUT2D eigenvalue weighted by Gasteiger charge is 2.11. The minimum atomic E-state index is -0.281. The van der Waals surface area contributed by atoms with Gasteiger partial charge in [0.05, 0.1) is 18.4 Å². The largest absolute Gasteiger partial charge is 0.494 e. The summed E-state index contributed by atoms with van der Waals surface area (Å²) in [6.45, 7) is 0. The van der Waals surface area contributed by atoms with Crippen molar-refractivity contribution < 1.29 is 14.3 Å². The van der Waals surface area contributed by atoms with Crippen LogP contribution in [0.3, 0.4) is 0 Å². The number of hydrogen-bond acceptors (Lipinski definition) is 5. The third-order valence-corrected chi connectivity index (χ3v) is 5.00. The highest BCUT2D eigenvalue weighted by molar-refractivity contribution is 7.09. The lowest BCUT2D eigenvalue weighted by atomic mass is 10.2. The van der Waals surface area contributed by atoms with E-state index >= 15 is 0 Å². The lowest BCUT2D eigenvalue weighted by molar-refractivity contribution is -0.116. The fraction of sp³-hybridized carbons (Fsp3) is 0.190. The van der Waals surface area contributed by atoms with E-state index < -0.39 is 0 Å². The number of carbonyl (C=O) groups excluding carboxylic acids is 2. The van der Waals surface area contributed by atoms with Crippen LogP contribution in [0.2, 0.25) is 0 Å². The van der Waals surface area contributed by atoms with Crippen LogP contribution in [0.15, 0.2) is 60.2 Å². The van der Waals surface area contributed by atoms with Gasteiger partial charge in [-0.05, 0) is 48.6 Å². The van der Waals surface area contributed by atoms with Crippen molar-refractivity contribution in [3.63, 3.8) is 0 Å². The summed E-state index contributed by atoms with van der Waals surface area (Å²) in [5.74, 6) is 0.135. The Morgan fingerprint density at radius 2 is 2.04 bits per heavy atom. The Hall–Kier alpha value is -3.19. The molecule has 0 atom stereocenters. The molecule has 0 aliphatic heterocycles. The molecule has 0 saturated heterocycles. The highest BCUT2D eigenvalue weighted by atomic mass is 32.1. The number of thiophene rings is 1. The SMILES string of the molecule is COc1cc(NC(=O)CCCc2cccs2)ccc1NC(=O)c1cccnc1. The van der Waals surface area contributed by atoms with Crippen molar-refractivity contribution in [2.75, 3.05) is 17.7 Å². The van der Waals surface area contributed by atoms with E-state index in [0.29, 0.717) is 29.1 Å². The number of ether oxygens (including phenoxy) is 1. The maximum atomic E-state index is 12.3. The van der Waals surface area contributed by atoms with E-state index in [0.717, 1.165) is 12.8 Å². The van der Waals surface area contributed by atoms with Gasteiger partial charge in [0.15, 0.2) is 0 Å². The number of hydrogen-bond donors (Lipinski definition) is 2. The number of aryl methyl sites for hydroxylation is 1. The Bertz CT molecular complexity index is 927. The quantitative estimate of drug-likeness (QED) is 0.594. The van der Waals surface area contributed by atoms with Crippen LogP contribution < -0.4 is 15.4 Å². The van der Waals surface area contributed by atoms with Crippen molar-refractivity contribution in [2.24, 2.45) is 0 Å². The first kappa shape index (κ1) is 19.6. The van der Waals surface area contributed by atoms with Crippen LogP contribution in [0, 0.1) is 0 Å². The molecule has 7 heteroatoms. The number of methoxy groups -OCH3 is 1. The molecule has 0 spiro atoms. The summed E-state index contributed by atoms with van der Waals surface area (Å²) in [5, 5.41) is 7.70. The lowest BCUT2D eigenvalue weighted by Gasteiger charge is -2.12. The van der Waals surface area contributed by atoms with Crippen LogP contribution in [0.1, 0.15) is 28.1 Å². The molecule has 1 aromatic carbocycles. The number of amides is 2. The van der Waals surface area contributed by atoms with Gasteiger partial charge in [0.2, 0.25) is 5.91 Å². The van der Waals surface area contributed by atoms with Crippen LogP contribution in [0.4, 0.5) is 11.4 Å². The summed E-state index contributed by atoms with van der Waals surface area (Å²) in [6.07, 6.45) is 5.23. The van der Waals surface area contributed by atoms with E-state index in [2.05, 4.69) is 21.7 Å². The fourth-order valence-electron chi connectivity index (χ4n) is 2.67. The summed E-state index contributed by atoms with van der Waals surface area (Å²) < 4.78 is 5.35. The Morgan fingerprint density at radius 3 is 2.75 bits per heavy atom. The van der Waals surface area contributed by atoms with E-state index in [4.69, 9.17) is 4.74 Å². The normalized spacial score (nSPS) is 10.3. The van der Waals surface area contributed by atoms with E-state index in [9.17, 15) is 9.59 Å². The van der Waals surface area contributed by atoms with Crippen molar-refractivity contribution in [2.45, 2.75) is 19.3 Å². The third kappa shape index (κ3) is 5.40. The Morgan fingerprint density at radius 1 is 1.14 bits per heavy atom. The van der Waals surface area contributed by atoms with Gasteiger partial charge in [0, 0.05) is 35.4 Å². The number of nitrogens with zero attached hydrogens (tertiary/aromatic N) is 1. The lowest BCUT2D eigenvalue weighted by Crippen LogP contribution is -2.14. The van der Waals surface area contributed by atoms with Crippen molar-refractivity contribution in [1.29, 1.82) is 0 Å². The number of rotatable bonds is 8. The van der Waals surface area contributed by atoms with Crippen LogP contribution in [0.5, 0.6) is 5.75 Å². The molecule has 0 saturated carbocycles. The summed E-state index contributed by atoms with van der Waals surface area (Å²) in [4.78, 5) is 29.7. The molecule has 3 aromatic rings. The van der Waals surface area contributed by atoms with Crippen LogP contribution in [-0.4, -0.2) is 23.9 Å². The summed E-state index contributed by atoms with van der Waals surface area (Å²) in [5.41, 5.74) is 1.59. The number of carbonyl (C=O) groups is 2. The first-order chi connectivity index (χ1) is 13.7. The molecule has 0 unspecified atom stereocenters. The zero-order chi connectivity index (χ0) is 19.8. The Labute approximate surface area is 167 Å². The van der Waals surface area contributed by atoms with E-state index in [1.807, 2.05) is 11.4 Å². The van der Waals surface area contributed by atoms with Gasteiger partial charge in [-0.1, -0.05) is 6.07 Å². The number of pyridine rings is 1. The van der Waals surface area contributed by atoms with E-state index in [1.165, 1.54) is 18.2 Å². The van der Waals surface area contributed by atoms with Gasteiger partial charge in [-0.15, -0.1) is 11.3 Å². The highest BCUT2D eigenvalue weighted by Crippen LogP contribution is 2.28. The zero-order valence-electron chi connectivity index (χ0n) is 15.5. The smallest absolute Gasteiger partial charge is 0.257 e. The topological polar surface area (TPSA) is 80.3 Å². The van der Waals surface area contributed by atoms with Crippen molar-refractivity contribution in [1.82, 2.24) is 4.98 Å². The van der Waals surface area contributed by atoms with Crippen molar-refractivity contribution in [3.05, 3.63) is 70.7 Å². The fourth-order valence-corrected chi connectivity index (χ4v) is 3.42. The molecule has 3 rings (SSSR count). The second-order valence-corrected chi connectivity index (χ2v) is 7.12. The molecule has 28 heavy (non-hydrogen) atoms. The Balaban J connectivity index is 1.57. The zero-order valence-corrected chi connectivity index (χ0v) is 16.3. The van der Waals surface area contributed by atoms with Crippen molar-refractivity contribution in [3.8, 4) is 5.75 Å². The average molecular weight is 395 g/mol. The van der Waals surface area contributed by atoms with Gasteiger partial charge >= 0.3 is 0 Å². The number of benzene rings is 1. The molecule has 2 heterocycles. The maximum Gasteiger partial charge on any atom is 0.257 e. The second kappa shape index (κ2) is 9.66. The molecule has 0 bridgehead atoms. The minimum absolute atomic E-state index is 0.0502. The molecule has 0 aliphatic carbocycles. The molecule has 0 radical (unpaired) electrons. The van der Waals surface area contributed by atoms with Gasteiger partial charge in [-0.25, -0.2) is 0 Å². The van der Waals surface area contributed by atoms with Gasteiger partial charge in [0.1, 0.15) is 5.75 Å². The molecule has 0 fully saturated rings. The predicted molar refractivity (Wildman–Crippen MR) is 111 cm³/mol. The molecule has 2 aromatic heterocycles. The Kier molecular flexibility index (Phi) is 6.75. The van der Waals surface area contributed by atoms with Gasteiger partial charge in [-0.2, -0.15) is 0 Å². The first-order valence-corrected chi connectivity index (χ1v) is 9.75. The monoisotopic (exact) mass is 395 g/mol. The summed E-state index contributed by atoms with van der Waals surface area (Å²) in [6, 6.07) is 12.6. The van der Waals surface area contributed by atoms with Crippen LogP contribution in [-0.2, 0) is 11.2 Å². The molecule has 2 amide bonds. The van der Waals surface area contributed by atoms with Crippen LogP contribution >= 0.6 is 11.3 Å². The van der Waals surface area contributed by atoms with Gasteiger partial charge in [0.25, 0.3) is 5.91 Å². The molecule has 144 valence electrons. The first-order valence-electron chi connectivity index (χ1n) is 8.87. The average Bonchev–Trinajstić information content (AvgIpc) is 3.23. The van der Waals surface area contributed by atoms with Crippen LogP contribution in [0.25, 0.3) is 0 Å². The molecule has 6 nitrogen and oxygen atoms in total. The summed E-state index contributed by atoms with van der Waals surface area (Å²) >= 11 is 1.70. The number of nitrogens with one attached hydrogen (secondary N) is 2. The maximum absolute atomic E-state index is 12.3. The minimum Gasteiger partial charge on any atom is -0.494 e. The van der Waals surface area contributed by atoms with Gasteiger partial charge in [-0.3, -0.25) is 14.6 Å². The molecular formula is C21H21N3O3S. The predicted octanol–water partition coefficient (Wildman–Crippen LogP) is 4.37.